The van der Waals surface area contributed by atoms with E-state index in [2.05, 4.69) is 35.1 Å². The molecule has 0 heterocycles. The molecule has 1 unspecified atom stereocenters. The molecule has 2 nitrogen and oxygen atoms in total. The van der Waals surface area contributed by atoms with Crippen LogP contribution in [-0.2, 0) is 0 Å². The maximum Gasteiger partial charge on any atom is 0.141 e. The van der Waals surface area contributed by atoms with Gasteiger partial charge in [0.05, 0.1) is 11.6 Å². The van der Waals surface area contributed by atoms with Crippen LogP contribution in [-0.4, -0.2) is 13.7 Å². The second-order valence-electron chi connectivity index (χ2n) is 6.21. The van der Waals surface area contributed by atoms with Gasteiger partial charge in [0, 0.05) is 17.7 Å². The molecule has 21 heavy (non-hydrogen) atoms. The molecule has 1 atom stereocenters. The van der Waals surface area contributed by atoms with Crippen LogP contribution in [0, 0.1) is 11.2 Å². The van der Waals surface area contributed by atoms with Gasteiger partial charge in [0.25, 0.3) is 0 Å². The van der Waals surface area contributed by atoms with Crippen LogP contribution in [0.15, 0.2) is 16.6 Å². The number of ether oxygens (including phenoxy) is 1. The number of hydrogen-bond donors (Lipinski definition) is 1. The highest BCUT2D eigenvalue weighted by molar-refractivity contribution is 9.10. The van der Waals surface area contributed by atoms with Crippen molar-refractivity contribution in [2.45, 2.75) is 52.0 Å². The molecule has 2 rings (SSSR count). The molecule has 0 aliphatic heterocycles. The summed E-state index contributed by atoms with van der Waals surface area (Å²) >= 11 is 3.31. The van der Waals surface area contributed by atoms with Crippen LogP contribution in [0.5, 0.6) is 5.75 Å². The number of nitrogens with one attached hydrogen (secondary N) is 1. The third kappa shape index (κ3) is 3.59. The molecule has 0 bridgehead atoms. The Morgan fingerprint density at radius 1 is 1.33 bits per heavy atom. The van der Waals surface area contributed by atoms with Gasteiger partial charge in [-0.15, -0.1) is 0 Å². The molecule has 1 aromatic rings. The van der Waals surface area contributed by atoms with E-state index in [-0.39, 0.29) is 17.3 Å². The monoisotopic (exact) mass is 357 g/mol. The Kier molecular flexibility index (Phi) is 5.67. The summed E-state index contributed by atoms with van der Waals surface area (Å²) in [7, 11) is 1.61. The van der Waals surface area contributed by atoms with E-state index >= 15 is 0 Å². The molecule has 0 spiro atoms. The summed E-state index contributed by atoms with van der Waals surface area (Å²) in [6, 6.07) is 3.55. The van der Waals surface area contributed by atoms with Gasteiger partial charge in [-0.3, -0.25) is 0 Å². The van der Waals surface area contributed by atoms with Crippen molar-refractivity contribution in [3.05, 3.63) is 28.0 Å². The zero-order valence-electron chi connectivity index (χ0n) is 13.1. The highest BCUT2D eigenvalue weighted by atomic mass is 79.9. The first-order chi connectivity index (χ1) is 10.0. The minimum absolute atomic E-state index is 0.189. The van der Waals surface area contributed by atoms with Crippen LogP contribution < -0.4 is 10.1 Å². The lowest BCUT2D eigenvalue weighted by atomic mass is 9.68. The second-order valence-corrected chi connectivity index (χ2v) is 7.07. The third-order valence-corrected chi connectivity index (χ3v) is 5.29. The van der Waals surface area contributed by atoms with Crippen LogP contribution in [0.1, 0.15) is 57.6 Å². The van der Waals surface area contributed by atoms with Gasteiger partial charge in [0.1, 0.15) is 11.6 Å². The lowest BCUT2D eigenvalue weighted by molar-refractivity contribution is 0.143. The van der Waals surface area contributed by atoms with Crippen molar-refractivity contribution in [3.63, 3.8) is 0 Å². The van der Waals surface area contributed by atoms with Crippen molar-refractivity contribution in [3.8, 4) is 5.75 Å². The Balaban J connectivity index is 2.44. The summed E-state index contributed by atoms with van der Waals surface area (Å²) in [6.45, 7) is 5.35. The number of methoxy groups -OCH3 is 1. The van der Waals surface area contributed by atoms with Crippen molar-refractivity contribution in [1.82, 2.24) is 5.32 Å². The summed E-state index contributed by atoms with van der Waals surface area (Å²) in [5.41, 5.74) is 1.25. The molecule has 118 valence electrons. The van der Waals surface area contributed by atoms with Gasteiger partial charge >= 0.3 is 0 Å². The smallest absolute Gasteiger partial charge is 0.141 e. The zero-order chi connectivity index (χ0) is 15.5. The Morgan fingerprint density at radius 3 is 2.57 bits per heavy atom. The van der Waals surface area contributed by atoms with E-state index in [1.807, 2.05) is 6.07 Å². The molecule has 0 aromatic heterocycles. The van der Waals surface area contributed by atoms with Crippen molar-refractivity contribution in [1.29, 1.82) is 0 Å². The molecule has 4 heteroatoms. The molecule has 1 aliphatic rings. The molecule has 0 radical (unpaired) electrons. The van der Waals surface area contributed by atoms with Gasteiger partial charge in [-0.25, -0.2) is 4.39 Å². The molecule has 1 aliphatic carbocycles. The van der Waals surface area contributed by atoms with Gasteiger partial charge in [0.15, 0.2) is 0 Å². The van der Waals surface area contributed by atoms with E-state index in [9.17, 15) is 4.39 Å². The van der Waals surface area contributed by atoms with E-state index in [1.54, 1.807) is 7.11 Å². The second kappa shape index (κ2) is 7.10. The Labute approximate surface area is 135 Å². The predicted octanol–water partition coefficient (Wildman–Crippen LogP) is 5.22. The average Bonchev–Trinajstić information content (AvgIpc) is 2.48. The van der Waals surface area contributed by atoms with E-state index in [1.165, 1.54) is 38.2 Å². The first-order valence-electron chi connectivity index (χ1n) is 7.78. The minimum Gasteiger partial charge on any atom is -0.496 e. The Hall–Kier alpha value is -0.610. The standard InChI is InChI=1S/C17H25BrFNO/c1-4-20-16(17(2)8-6-5-7-9-17)12-10-13(18)14(19)11-15(12)21-3/h10-11,16,20H,4-9H2,1-3H3. The first-order valence-corrected chi connectivity index (χ1v) is 8.57. The lowest BCUT2D eigenvalue weighted by Crippen LogP contribution is -2.38. The molecule has 1 N–H and O–H groups in total. The van der Waals surface area contributed by atoms with E-state index in [0.29, 0.717) is 10.2 Å². The van der Waals surface area contributed by atoms with E-state index in [0.717, 1.165) is 12.1 Å². The number of hydrogen-bond acceptors (Lipinski definition) is 2. The number of halogens is 2. The Morgan fingerprint density at radius 2 is 2.00 bits per heavy atom. The van der Waals surface area contributed by atoms with Crippen molar-refractivity contribution < 1.29 is 9.13 Å². The van der Waals surface area contributed by atoms with Gasteiger partial charge in [-0.05, 0) is 46.8 Å². The molecule has 0 amide bonds. The minimum atomic E-state index is -0.278. The molecule has 0 saturated heterocycles. The number of benzene rings is 1. The molecule has 1 saturated carbocycles. The summed E-state index contributed by atoms with van der Waals surface area (Å²) < 4.78 is 19.7. The molecule has 1 fully saturated rings. The van der Waals surface area contributed by atoms with Crippen LogP contribution in [0.2, 0.25) is 0 Å². The third-order valence-electron chi connectivity index (χ3n) is 4.68. The largest absolute Gasteiger partial charge is 0.496 e. The fourth-order valence-corrected chi connectivity index (χ4v) is 3.89. The van der Waals surface area contributed by atoms with Gasteiger partial charge in [-0.2, -0.15) is 0 Å². The van der Waals surface area contributed by atoms with E-state index in [4.69, 9.17) is 4.74 Å². The summed E-state index contributed by atoms with van der Waals surface area (Å²) in [5, 5.41) is 3.61. The SMILES string of the molecule is CCNC(c1cc(Br)c(F)cc1OC)C1(C)CCCCC1. The highest BCUT2D eigenvalue weighted by Gasteiger charge is 2.37. The topological polar surface area (TPSA) is 21.3 Å². The molecular formula is C17H25BrFNO. The lowest BCUT2D eigenvalue weighted by Gasteiger charge is -2.42. The Bertz CT molecular complexity index is 486. The van der Waals surface area contributed by atoms with Gasteiger partial charge < -0.3 is 10.1 Å². The highest BCUT2D eigenvalue weighted by Crippen LogP contribution is 2.48. The fraction of sp³-hybridized carbons (Fsp3) is 0.647. The maximum atomic E-state index is 13.8. The summed E-state index contributed by atoms with van der Waals surface area (Å²) in [4.78, 5) is 0. The van der Waals surface area contributed by atoms with Crippen molar-refractivity contribution in [2.75, 3.05) is 13.7 Å². The maximum absolute atomic E-state index is 13.8. The van der Waals surface area contributed by atoms with Crippen LogP contribution in [0.4, 0.5) is 4.39 Å². The van der Waals surface area contributed by atoms with Gasteiger partial charge in [-0.1, -0.05) is 33.1 Å². The quantitative estimate of drug-likeness (QED) is 0.779. The summed E-state index contributed by atoms with van der Waals surface area (Å²) in [5.74, 6) is 0.355. The van der Waals surface area contributed by atoms with Crippen molar-refractivity contribution >= 4 is 15.9 Å². The normalized spacial score (nSPS) is 19.3. The molecular weight excluding hydrogens is 333 g/mol. The zero-order valence-corrected chi connectivity index (χ0v) is 14.7. The predicted molar refractivity (Wildman–Crippen MR) is 88.3 cm³/mol. The average molecular weight is 358 g/mol. The number of rotatable bonds is 5. The van der Waals surface area contributed by atoms with Crippen LogP contribution >= 0.6 is 15.9 Å². The van der Waals surface area contributed by atoms with Crippen LogP contribution in [0.25, 0.3) is 0 Å². The van der Waals surface area contributed by atoms with Crippen molar-refractivity contribution in [2.24, 2.45) is 5.41 Å². The molecule has 1 aromatic carbocycles. The van der Waals surface area contributed by atoms with Crippen LogP contribution in [0.3, 0.4) is 0 Å². The fourth-order valence-electron chi connectivity index (χ4n) is 3.53. The van der Waals surface area contributed by atoms with E-state index < -0.39 is 0 Å². The first kappa shape index (κ1) is 16.8. The van der Waals surface area contributed by atoms with Gasteiger partial charge in [0.2, 0.25) is 0 Å². The summed E-state index contributed by atoms with van der Waals surface area (Å²) in [6.07, 6.45) is 6.25.